The first-order valence-corrected chi connectivity index (χ1v) is 9.11. The van der Waals surface area contributed by atoms with E-state index in [9.17, 15) is 9.59 Å². The van der Waals surface area contributed by atoms with Gasteiger partial charge in [0, 0.05) is 25.6 Å². The van der Waals surface area contributed by atoms with Gasteiger partial charge >= 0.3 is 6.03 Å². The van der Waals surface area contributed by atoms with Gasteiger partial charge in [-0.1, -0.05) is 31.4 Å². The van der Waals surface area contributed by atoms with E-state index in [4.69, 9.17) is 4.74 Å². The molecule has 6 nitrogen and oxygen atoms in total. The third kappa shape index (κ3) is 7.45. The Kier molecular flexibility index (Phi) is 8.09. The van der Waals surface area contributed by atoms with Crippen LogP contribution in [0.3, 0.4) is 0 Å². The summed E-state index contributed by atoms with van der Waals surface area (Å²) in [4.78, 5) is 23.7. The van der Waals surface area contributed by atoms with Gasteiger partial charge < -0.3 is 20.7 Å². The predicted molar refractivity (Wildman–Crippen MR) is 97.5 cm³/mol. The highest BCUT2D eigenvalue weighted by molar-refractivity contribution is 5.76. The molecule has 0 aromatic heterocycles. The monoisotopic (exact) mass is 347 g/mol. The number of hydrogen-bond acceptors (Lipinski definition) is 3. The fraction of sp³-hybridized carbons (Fsp3) is 0.579. The third-order valence-corrected chi connectivity index (χ3v) is 4.43. The van der Waals surface area contributed by atoms with Gasteiger partial charge in [0.2, 0.25) is 5.91 Å². The number of nitrogens with one attached hydrogen (secondary N) is 3. The van der Waals surface area contributed by atoms with Crippen molar-refractivity contribution in [1.82, 2.24) is 16.0 Å². The lowest BCUT2D eigenvalue weighted by atomic mass is 9.96. The first-order valence-electron chi connectivity index (χ1n) is 9.11. The molecular formula is C19H29N3O3. The van der Waals surface area contributed by atoms with Crippen molar-refractivity contribution in [2.45, 2.75) is 57.5 Å². The number of amides is 3. The van der Waals surface area contributed by atoms with E-state index >= 15 is 0 Å². The smallest absolute Gasteiger partial charge is 0.315 e. The quantitative estimate of drug-likeness (QED) is 0.633. The second-order valence-electron chi connectivity index (χ2n) is 6.47. The molecule has 6 heteroatoms. The normalized spacial score (nSPS) is 14.6. The van der Waals surface area contributed by atoms with Crippen LogP contribution in [0.2, 0.25) is 0 Å². The maximum Gasteiger partial charge on any atom is 0.315 e. The van der Waals surface area contributed by atoms with Crippen molar-refractivity contribution in [3.63, 3.8) is 0 Å². The van der Waals surface area contributed by atoms with Crippen molar-refractivity contribution in [3.05, 3.63) is 29.8 Å². The van der Waals surface area contributed by atoms with Crippen LogP contribution in [0.15, 0.2) is 24.3 Å². The number of urea groups is 1. The van der Waals surface area contributed by atoms with E-state index in [0.29, 0.717) is 32.0 Å². The molecule has 0 spiro atoms. The Hall–Kier alpha value is -2.24. The molecule has 0 heterocycles. The molecule has 3 N–H and O–H groups in total. The Morgan fingerprint density at radius 2 is 1.96 bits per heavy atom. The Labute approximate surface area is 149 Å². The summed E-state index contributed by atoms with van der Waals surface area (Å²) in [5.74, 6) is 0.761. The number of carbonyl (C=O) groups excluding carboxylic acids is 2. The van der Waals surface area contributed by atoms with Gasteiger partial charge in [-0.2, -0.15) is 0 Å². The van der Waals surface area contributed by atoms with E-state index in [-0.39, 0.29) is 11.9 Å². The van der Waals surface area contributed by atoms with Crippen molar-refractivity contribution >= 4 is 11.9 Å². The van der Waals surface area contributed by atoms with Crippen LogP contribution in [0.5, 0.6) is 5.75 Å². The predicted octanol–water partition coefficient (Wildman–Crippen LogP) is 2.72. The lowest BCUT2D eigenvalue weighted by molar-refractivity contribution is -0.121. The molecule has 25 heavy (non-hydrogen) atoms. The van der Waals surface area contributed by atoms with E-state index in [1.807, 2.05) is 24.3 Å². The molecule has 0 atom stereocenters. The number of carbonyl (C=O) groups is 2. The van der Waals surface area contributed by atoms with E-state index in [2.05, 4.69) is 16.0 Å². The maximum atomic E-state index is 11.9. The largest absolute Gasteiger partial charge is 0.497 e. The second kappa shape index (κ2) is 10.6. The summed E-state index contributed by atoms with van der Waals surface area (Å²) in [7, 11) is 1.62. The molecule has 1 aromatic carbocycles. The van der Waals surface area contributed by atoms with Gasteiger partial charge in [0.05, 0.1) is 7.11 Å². The van der Waals surface area contributed by atoms with Gasteiger partial charge in [0.25, 0.3) is 0 Å². The van der Waals surface area contributed by atoms with Crippen LogP contribution in [0.1, 0.15) is 50.5 Å². The fourth-order valence-corrected chi connectivity index (χ4v) is 3.01. The molecule has 0 bridgehead atoms. The minimum atomic E-state index is -0.122. The van der Waals surface area contributed by atoms with Gasteiger partial charge in [-0.05, 0) is 37.0 Å². The summed E-state index contributed by atoms with van der Waals surface area (Å²) in [6.07, 6.45) is 6.82. The minimum absolute atomic E-state index is 0.0164. The number of ether oxygens (including phenoxy) is 1. The zero-order valence-electron chi connectivity index (χ0n) is 15.0. The Morgan fingerprint density at radius 3 is 2.72 bits per heavy atom. The molecule has 0 aliphatic heterocycles. The van der Waals surface area contributed by atoms with Crippen LogP contribution in [-0.4, -0.2) is 31.6 Å². The highest BCUT2D eigenvalue weighted by Crippen LogP contribution is 2.17. The SMILES string of the molecule is COc1cccc(CNC(=O)CCCNC(=O)NC2CCCCC2)c1. The Balaban J connectivity index is 1.54. The highest BCUT2D eigenvalue weighted by Gasteiger charge is 2.15. The first-order chi connectivity index (χ1) is 12.2. The molecule has 1 aliphatic rings. The molecule has 1 fully saturated rings. The lowest BCUT2D eigenvalue weighted by Gasteiger charge is -2.22. The second-order valence-corrected chi connectivity index (χ2v) is 6.47. The molecule has 1 aliphatic carbocycles. The molecule has 0 radical (unpaired) electrons. The fourth-order valence-electron chi connectivity index (χ4n) is 3.01. The zero-order valence-corrected chi connectivity index (χ0v) is 15.0. The van der Waals surface area contributed by atoms with E-state index < -0.39 is 0 Å². The topological polar surface area (TPSA) is 79.5 Å². The lowest BCUT2D eigenvalue weighted by Crippen LogP contribution is -2.43. The zero-order chi connectivity index (χ0) is 17.9. The summed E-state index contributed by atoms with van der Waals surface area (Å²) in [5.41, 5.74) is 0.998. The van der Waals surface area contributed by atoms with Gasteiger partial charge in [-0.15, -0.1) is 0 Å². The van der Waals surface area contributed by atoms with Crippen LogP contribution in [-0.2, 0) is 11.3 Å². The van der Waals surface area contributed by atoms with Gasteiger partial charge in [0.1, 0.15) is 5.75 Å². The third-order valence-electron chi connectivity index (χ3n) is 4.43. The molecule has 0 unspecified atom stereocenters. The van der Waals surface area contributed by atoms with E-state index in [1.165, 1.54) is 19.3 Å². The molecular weight excluding hydrogens is 318 g/mol. The van der Waals surface area contributed by atoms with Gasteiger partial charge in [0.15, 0.2) is 0 Å². The van der Waals surface area contributed by atoms with Crippen molar-refractivity contribution in [3.8, 4) is 5.75 Å². The summed E-state index contributed by atoms with van der Waals surface area (Å²) in [5, 5.41) is 8.71. The maximum absolute atomic E-state index is 11.9. The van der Waals surface area contributed by atoms with Crippen molar-refractivity contribution in [1.29, 1.82) is 0 Å². The summed E-state index contributed by atoms with van der Waals surface area (Å²) in [6, 6.07) is 7.80. The minimum Gasteiger partial charge on any atom is -0.497 e. The Bertz CT molecular complexity index is 557. The van der Waals surface area contributed by atoms with Gasteiger partial charge in [-0.25, -0.2) is 4.79 Å². The van der Waals surface area contributed by atoms with Gasteiger partial charge in [-0.3, -0.25) is 4.79 Å². The number of rotatable bonds is 8. The number of methoxy groups -OCH3 is 1. The molecule has 2 rings (SSSR count). The van der Waals surface area contributed by atoms with E-state index in [1.54, 1.807) is 7.11 Å². The first kappa shape index (κ1) is 19.1. The van der Waals surface area contributed by atoms with Crippen molar-refractivity contribution in [2.75, 3.05) is 13.7 Å². The summed E-state index contributed by atoms with van der Waals surface area (Å²) >= 11 is 0. The summed E-state index contributed by atoms with van der Waals surface area (Å²) < 4.78 is 5.16. The summed E-state index contributed by atoms with van der Waals surface area (Å²) in [6.45, 7) is 0.983. The number of benzene rings is 1. The average Bonchev–Trinajstić information content (AvgIpc) is 2.64. The Morgan fingerprint density at radius 1 is 1.16 bits per heavy atom. The van der Waals surface area contributed by atoms with E-state index in [0.717, 1.165) is 24.2 Å². The van der Waals surface area contributed by atoms with Crippen LogP contribution >= 0.6 is 0 Å². The standard InChI is InChI=1S/C19H29N3O3/c1-25-17-10-5-7-15(13-17)14-21-18(23)11-6-12-20-19(24)22-16-8-3-2-4-9-16/h5,7,10,13,16H,2-4,6,8-9,11-12,14H2,1H3,(H,21,23)(H2,20,22,24). The van der Waals surface area contributed by atoms with Crippen LogP contribution in [0, 0.1) is 0 Å². The molecule has 138 valence electrons. The van der Waals surface area contributed by atoms with Crippen molar-refractivity contribution in [2.24, 2.45) is 0 Å². The highest BCUT2D eigenvalue weighted by atomic mass is 16.5. The van der Waals surface area contributed by atoms with Crippen LogP contribution < -0.4 is 20.7 Å². The molecule has 3 amide bonds. The molecule has 0 saturated heterocycles. The van der Waals surface area contributed by atoms with Crippen LogP contribution in [0.25, 0.3) is 0 Å². The molecule has 1 saturated carbocycles. The molecule has 1 aromatic rings. The number of hydrogen-bond donors (Lipinski definition) is 3. The van der Waals surface area contributed by atoms with Crippen LogP contribution in [0.4, 0.5) is 4.79 Å². The van der Waals surface area contributed by atoms with Crippen molar-refractivity contribution < 1.29 is 14.3 Å². The average molecular weight is 347 g/mol.